The molecule has 3 nitrogen and oxygen atoms in total. The molecule has 3 heteroatoms. The average Bonchev–Trinajstić information content (AvgIpc) is 2.53. The lowest BCUT2D eigenvalue weighted by atomic mass is 10.1. The van der Waals surface area contributed by atoms with E-state index < -0.39 is 0 Å². The Morgan fingerprint density at radius 1 is 0.714 bits per heavy atom. The van der Waals surface area contributed by atoms with Gasteiger partial charge in [-0.2, -0.15) is 0 Å². The van der Waals surface area contributed by atoms with Gasteiger partial charge in [0.05, 0.1) is 0 Å². The first kappa shape index (κ1) is 14.7. The van der Waals surface area contributed by atoms with Crippen LogP contribution in [0.4, 0.5) is 0 Å². The Labute approximate surface area is 124 Å². The van der Waals surface area contributed by atoms with Crippen LogP contribution in [0.25, 0.3) is 0 Å². The lowest BCUT2D eigenvalue weighted by molar-refractivity contribution is 0.0666. The van der Waals surface area contributed by atoms with Crippen LogP contribution in [-0.4, -0.2) is 10.2 Å². The minimum Gasteiger partial charge on any atom is -0.481 e. The van der Waals surface area contributed by atoms with E-state index in [1.807, 2.05) is 60.7 Å². The van der Waals surface area contributed by atoms with Gasteiger partial charge in [-0.1, -0.05) is 60.7 Å². The molecule has 0 atom stereocenters. The van der Waals surface area contributed by atoms with Gasteiger partial charge in [-0.05, 0) is 24.0 Å². The lowest BCUT2D eigenvalue weighted by Gasteiger charge is -2.03. The van der Waals surface area contributed by atoms with Gasteiger partial charge < -0.3 is 14.9 Å². The maximum absolute atomic E-state index is 9.62. The molecule has 2 N–H and O–H groups in total. The summed E-state index contributed by atoms with van der Waals surface area (Å²) in [7, 11) is 0. The number of benzene rings is 2. The average molecular weight is 282 g/mol. The van der Waals surface area contributed by atoms with Crippen molar-refractivity contribution < 1.29 is 14.9 Å². The second-order valence-corrected chi connectivity index (χ2v) is 4.57. The highest BCUT2D eigenvalue weighted by Crippen LogP contribution is 2.07. The summed E-state index contributed by atoms with van der Waals surface area (Å²) in [6.07, 6.45) is 4.11. The molecular weight excluding hydrogens is 264 g/mol. The molecule has 0 heterocycles. The van der Waals surface area contributed by atoms with Crippen molar-refractivity contribution in [2.45, 2.75) is 12.8 Å². The van der Waals surface area contributed by atoms with Crippen molar-refractivity contribution in [2.75, 3.05) is 0 Å². The molecule has 0 radical (unpaired) electrons. The van der Waals surface area contributed by atoms with Gasteiger partial charge in [0.25, 0.3) is 11.9 Å². The Kier molecular flexibility index (Phi) is 5.47. The minimum absolute atomic E-state index is 0.305. The predicted molar refractivity (Wildman–Crippen MR) is 82.8 cm³/mol. The van der Waals surface area contributed by atoms with E-state index in [0.717, 1.165) is 11.1 Å². The highest BCUT2D eigenvalue weighted by Gasteiger charge is 1.99. The molecule has 0 spiro atoms. The van der Waals surface area contributed by atoms with Crippen LogP contribution >= 0.6 is 0 Å². The zero-order chi connectivity index (χ0) is 14.9. The second-order valence-electron chi connectivity index (χ2n) is 4.57. The SMILES string of the molecule is OC(=CCc1ccccc1)OC(O)=CCc1ccccc1. The van der Waals surface area contributed by atoms with Gasteiger partial charge in [0, 0.05) is 12.2 Å². The molecule has 21 heavy (non-hydrogen) atoms. The fraction of sp³-hybridized carbons (Fsp3) is 0.111. The highest BCUT2D eigenvalue weighted by molar-refractivity contribution is 5.18. The number of aliphatic hydroxyl groups excluding tert-OH is 2. The minimum atomic E-state index is -0.305. The molecule has 108 valence electrons. The van der Waals surface area contributed by atoms with Crippen molar-refractivity contribution in [1.29, 1.82) is 0 Å². The maximum Gasteiger partial charge on any atom is 0.280 e. The Balaban J connectivity index is 1.85. The molecule has 0 aromatic heterocycles. The molecule has 0 bridgehead atoms. The normalized spacial score (nSPS) is 12.2. The first-order chi connectivity index (χ1) is 10.2. The standard InChI is InChI=1S/C18H18O3/c19-17(13-11-15-7-3-1-4-8-15)21-18(20)14-12-16-9-5-2-6-10-16/h1-10,13-14,19-20H,11-12H2. The number of hydrogen-bond acceptors (Lipinski definition) is 3. The summed E-state index contributed by atoms with van der Waals surface area (Å²) in [5, 5.41) is 19.2. The number of allylic oxidation sites excluding steroid dienone is 2. The predicted octanol–water partition coefficient (Wildman–Crippen LogP) is 4.29. The monoisotopic (exact) mass is 282 g/mol. The van der Waals surface area contributed by atoms with Crippen LogP contribution in [-0.2, 0) is 17.6 Å². The Bertz CT molecular complexity index is 545. The van der Waals surface area contributed by atoms with Gasteiger partial charge >= 0.3 is 0 Å². The summed E-state index contributed by atoms with van der Waals surface area (Å²) in [5.74, 6) is -0.610. The third-order valence-corrected chi connectivity index (χ3v) is 2.92. The fourth-order valence-corrected chi connectivity index (χ4v) is 1.83. The van der Waals surface area contributed by atoms with Gasteiger partial charge in [-0.15, -0.1) is 0 Å². The largest absolute Gasteiger partial charge is 0.481 e. The number of hydrogen-bond donors (Lipinski definition) is 2. The smallest absolute Gasteiger partial charge is 0.280 e. The summed E-state index contributed by atoms with van der Waals surface area (Å²) in [6, 6.07) is 19.4. The van der Waals surface area contributed by atoms with E-state index in [0.29, 0.717) is 12.8 Å². The molecule has 0 amide bonds. The van der Waals surface area contributed by atoms with Gasteiger partial charge in [0.2, 0.25) is 0 Å². The van der Waals surface area contributed by atoms with Gasteiger partial charge in [0.15, 0.2) is 0 Å². The summed E-state index contributed by atoms with van der Waals surface area (Å²) in [6.45, 7) is 0. The van der Waals surface area contributed by atoms with Gasteiger partial charge in [-0.3, -0.25) is 0 Å². The van der Waals surface area contributed by atoms with Crippen LogP contribution in [0, 0.1) is 0 Å². The van der Waals surface area contributed by atoms with E-state index in [9.17, 15) is 10.2 Å². The third-order valence-electron chi connectivity index (χ3n) is 2.92. The fourth-order valence-electron chi connectivity index (χ4n) is 1.83. The quantitative estimate of drug-likeness (QED) is 0.777. The van der Waals surface area contributed by atoms with Gasteiger partial charge in [0.1, 0.15) is 0 Å². The summed E-state index contributed by atoms with van der Waals surface area (Å²) in [4.78, 5) is 0. The maximum atomic E-state index is 9.62. The van der Waals surface area contributed by atoms with E-state index >= 15 is 0 Å². The van der Waals surface area contributed by atoms with E-state index in [1.54, 1.807) is 0 Å². The van der Waals surface area contributed by atoms with Crippen LogP contribution in [0.1, 0.15) is 11.1 Å². The summed E-state index contributed by atoms with van der Waals surface area (Å²) < 4.78 is 4.93. The molecule has 2 aromatic rings. The van der Waals surface area contributed by atoms with E-state index in [-0.39, 0.29) is 11.9 Å². The van der Waals surface area contributed by atoms with Crippen molar-refractivity contribution in [1.82, 2.24) is 0 Å². The zero-order valence-corrected chi connectivity index (χ0v) is 11.6. The molecule has 0 saturated carbocycles. The number of aliphatic hydroxyl groups is 2. The summed E-state index contributed by atoms with van der Waals surface area (Å²) in [5.41, 5.74) is 2.11. The highest BCUT2D eigenvalue weighted by atomic mass is 16.7. The van der Waals surface area contributed by atoms with Crippen molar-refractivity contribution in [3.05, 3.63) is 95.8 Å². The van der Waals surface area contributed by atoms with Crippen LogP contribution in [0.3, 0.4) is 0 Å². The lowest BCUT2D eigenvalue weighted by Crippen LogP contribution is -1.94. The molecule has 0 aliphatic rings. The van der Waals surface area contributed by atoms with Gasteiger partial charge in [-0.25, -0.2) is 0 Å². The van der Waals surface area contributed by atoms with Crippen molar-refractivity contribution in [3.8, 4) is 0 Å². The molecule has 0 saturated heterocycles. The molecule has 2 rings (SSSR count). The first-order valence-corrected chi connectivity index (χ1v) is 6.78. The summed E-state index contributed by atoms with van der Waals surface area (Å²) >= 11 is 0. The molecule has 0 unspecified atom stereocenters. The number of rotatable bonds is 6. The Morgan fingerprint density at radius 3 is 1.48 bits per heavy atom. The van der Waals surface area contributed by atoms with E-state index in [1.165, 1.54) is 12.2 Å². The van der Waals surface area contributed by atoms with Crippen molar-refractivity contribution >= 4 is 0 Å². The molecule has 0 aliphatic carbocycles. The first-order valence-electron chi connectivity index (χ1n) is 6.78. The zero-order valence-electron chi connectivity index (χ0n) is 11.6. The Morgan fingerprint density at radius 2 is 1.10 bits per heavy atom. The molecule has 0 fully saturated rings. The topological polar surface area (TPSA) is 49.7 Å². The van der Waals surface area contributed by atoms with Crippen molar-refractivity contribution in [2.24, 2.45) is 0 Å². The van der Waals surface area contributed by atoms with E-state index in [2.05, 4.69) is 0 Å². The van der Waals surface area contributed by atoms with Crippen LogP contribution in [0.2, 0.25) is 0 Å². The third kappa shape index (κ3) is 5.45. The molecule has 0 aliphatic heterocycles. The number of ether oxygens (including phenoxy) is 1. The van der Waals surface area contributed by atoms with Crippen LogP contribution < -0.4 is 0 Å². The van der Waals surface area contributed by atoms with Crippen molar-refractivity contribution in [3.63, 3.8) is 0 Å². The van der Waals surface area contributed by atoms with Crippen LogP contribution in [0.5, 0.6) is 0 Å². The van der Waals surface area contributed by atoms with E-state index in [4.69, 9.17) is 4.74 Å². The molecule has 2 aromatic carbocycles. The Hall–Kier alpha value is -2.68. The van der Waals surface area contributed by atoms with Crippen LogP contribution in [0.15, 0.2) is 84.7 Å². The molecular formula is C18H18O3. The second kappa shape index (κ2) is 7.80.